The van der Waals surface area contributed by atoms with Crippen molar-refractivity contribution in [2.45, 2.75) is 23.8 Å². The highest BCUT2D eigenvalue weighted by molar-refractivity contribution is 7.99. The molecule has 1 N–H and O–H groups in total. The summed E-state index contributed by atoms with van der Waals surface area (Å²) in [5, 5.41) is 1.16. The number of hydrogen-bond acceptors (Lipinski definition) is 4. The van der Waals surface area contributed by atoms with Gasteiger partial charge in [0.05, 0.1) is 10.4 Å². The van der Waals surface area contributed by atoms with E-state index in [1.165, 1.54) is 0 Å². The maximum atomic E-state index is 12.4. The predicted molar refractivity (Wildman–Crippen MR) is 87.4 cm³/mol. The molecule has 1 fully saturated rings. The second-order valence-electron chi connectivity index (χ2n) is 5.02. The fraction of sp³-hybridized carbons (Fsp3) is 0.357. The minimum Gasteiger partial charge on any atom is -0.236 e. The molecule has 3 rings (SSSR count). The molecule has 2 heterocycles. The number of thioether (sulfide) groups is 1. The van der Waals surface area contributed by atoms with Crippen molar-refractivity contribution >= 4 is 44.3 Å². The van der Waals surface area contributed by atoms with E-state index < -0.39 is 10.0 Å². The Bertz CT molecular complexity index is 759. The van der Waals surface area contributed by atoms with Crippen molar-refractivity contribution < 1.29 is 8.42 Å². The molecular formula is C14H15ClN2O2S2. The van der Waals surface area contributed by atoms with Gasteiger partial charge < -0.3 is 0 Å². The van der Waals surface area contributed by atoms with E-state index in [1.807, 2.05) is 0 Å². The molecule has 112 valence electrons. The largest absolute Gasteiger partial charge is 0.240 e. The first-order valence-electron chi connectivity index (χ1n) is 6.71. The van der Waals surface area contributed by atoms with Gasteiger partial charge in [-0.2, -0.15) is 11.8 Å². The molecule has 4 nitrogen and oxygen atoms in total. The van der Waals surface area contributed by atoms with Crippen LogP contribution < -0.4 is 4.72 Å². The molecule has 0 radical (unpaired) electrons. The summed E-state index contributed by atoms with van der Waals surface area (Å²) in [6.45, 7) is 0. The fourth-order valence-corrected chi connectivity index (χ4v) is 5.00. The third kappa shape index (κ3) is 3.51. The third-order valence-electron chi connectivity index (χ3n) is 3.42. The molecule has 21 heavy (non-hydrogen) atoms. The maximum absolute atomic E-state index is 12.4. The zero-order valence-electron chi connectivity index (χ0n) is 11.3. The van der Waals surface area contributed by atoms with Crippen LogP contribution in [0.1, 0.15) is 12.8 Å². The van der Waals surface area contributed by atoms with Crippen molar-refractivity contribution in [2.75, 3.05) is 11.5 Å². The Morgan fingerprint density at radius 2 is 2.14 bits per heavy atom. The number of nitrogens with zero attached hydrogens (tertiary/aromatic N) is 1. The van der Waals surface area contributed by atoms with Gasteiger partial charge in [-0.1, -0.05) is 11.6 Å². The minimum absolute atomic E-state index is 0.0211. The Hall–Kier alpha value is -0.820. The summed E-state index contributed by atoms with van der Waals surface area (Å²) < 4.78 is 27.7. The Labute approximate surface area is 133 Å². The zero-order valence-corrected chi connectivity index (χ0v) is 13.6. The Morgan fingerprint density at radius 3 is 2.90 bits per heavy atom. The quantitative estimate of drug-likeness (QED) is 0.871. The van der Waals surface area contributed by atoms with Crippen molar-refractivity contribution in [1.29, 1.82) is 0 Å². The van der Waals surface area contributed by atoms with Crippen molar-refractivity contribution in [3.8, 4) is 0 Å². The highest BCUT2D eigenvalue weighted by Crippen LogP contribution is 2.22. The number of pyridine rings is 1. The molecule has 1 aliphatic heterocycles. The molecule has 1 aliphatic rings. The van der Waals surface area contributed by atoms with E-state index in [9.17, 15) is 8.42 Å². The van der Waals surface area contributed by atoms with E-state index in [2.05, 4.69) is 9.71 Å². The highest BCUT2D eigenvalue weighted by atomic mass is 35.5. The number of fused-ring (bicyclic) bond motifs is 1. The molecule has 1 aromatic heterocycles. The van der Waals surface area contributed by atoms with Crippen molar-refractivity contribution in [1.82, 2.24) is 9.71 Å². The first kappa shape index (κ1) is 15.1. The van der Waals surface area contributed by atoms with Crippen LogP contribution in [0.2, 0.25) is 5.15 Å². The summed E-state index contributed by atoms with van der Waals surface area (Å²) >= 11 is 7.62. The van der Waals surface area contributed by atoms with E-state index in [-0.39, 0.29) is 10.9 Å². The smallest absolute Gasteiger partial charge is 0.236 e. The lowest BCUT2D eigenvalue weighted by Crippen LogP contribution is -2.38. The molecule has 1 aromatic carbocycles. The van der Waals surface area contributed by atoms with Gasteiger partial charge in [-0.3, -0.25) is 0 Å². The van der Waals surface area contributed by atoms with Crippen LogP contribution in [-0.4, -0.2) is 30.9 Å². The summed E-state index contributed by atoms with van der Waals surface area (Å²) in [4.78, 5) is 4.43. The van der Waals surface area contributed by atoms with Crippen molar-refractivity contribution in [3.05, 3.63) is 35.5 Å². The Balaban J connectivity index is 1.89. The van der Waals surface area contributed by atoms with Crippen LogP contribution in [0, 0.1) is 0 Å². The van der Waals surface area contributed by atoms with Gasteiger partial charge in [0.1, 0.15) is 5.15 Å². The van der Waals surface area contributed by atoms with Gasteiger partial charge in [-0.25, -0.2) is 18.1 Å². The molecule has 0 spiro atoms. The first-order valence-corrected chi connectivity index (χ1v) is 9.72. The number of benzene rings is 1. The number of halogens is 1. The topological polar surface area (TPSA) is 59.1 Å². The standard InChI is InChI=1S/C14H15ClN2O2S2/c15-14-6-3-10-8-12(4-5-13(10)16-14)21(18,19)17-11-2-1-7-20-9-11/h3-6,8,11,17H,1-2,7,9H2. The monoisotopic (exact) mass is 342 g/mol. The molecule has 0 saturated carbocycles. The van der Waals surface area contributed by atoms with Crippen LogP contribution in [-0.2, 0) is 10.0 Å². The molecular weight excluding hydrogens is 328 g/mol. The predicted octanol–water partition coefficient (Wildman–Crippen LogP) is 3.06. The second kappa shape index (κ2) is 6.12. The molecule has 7 heteroatoms. The maximum Gasteiger partial charge on any atom is 0.240 e. The molecule has 1 atom stereocenters. The van der Waals surface area contributed by atoms with Crippen LogP contribution in [0.15, 0.2) is 35.2 Å². The summed E-state index contributed by atoms with van der Waals surface area (Å²) in [6.07, 6.45) is 1.95. The van der Waals surface area contributed by atoms with Gasteiger partial charge in [0.2, 0.25) is 10.0 Å². The fourth-order valence-electron chi connectivity index (χ4n) is 2.37. The number of hydrogen-bond donors (Lipinski definition) is 1. The normalized spacial score (nSPS) is 19.8. The highest BCUT2D eigenvalue weighted by Gasteiger charge is 2.22. The van der Waals surface area contributed by atoms with Crippen molar-refractivity contribution in [2.24, 2.45) is 0 Å². The molecule has 0 amide bonds. The van der Waals surface area contributed by atoms with E-state index in [4.69, 9.17) is 11.6 Å². The third-order valence-corrected chi connectivity index (χ3v) is 6.36. The SMILES string of the molecule is O=S(=O)(NC1CCCSC1)c1ccc2nc(Cl)ccc2c1. The van der Waals surface area contributed by atoms with E-state index in [1.54, 1.807) is 42.1 Å². The van der Waals surface area contributed by atoms with Gasteiger partial charge in [0.15, 0.2) is 0 Å². The minimum atomic E-state index is -3.49. The summed E-state index contributed by atoms with van der Waals surface area (Å²) in [5.74, 6) is 1.95. The summed E-state index contributed by atoms with van der Waals surface area (Å²) in [5.41, 5.74) is 0.690. The van der Waals surface area contributed by atoms with Gasteiger partial charge in [0, 0.05) is 17.2 Å². The zero-order chi connectivity index (χ0) is 14.9. The average molecular weight is 343 g/mol. The summed E-state index contributed by atoms with van der Waals surface area (Å²) in [7, 11) is -3.49. The van der Waals surface area contributed by atoms with E-state index in [0.29, 0.717) is 10.7 Å². The number of nitrogens with one attached hydrogen (secondary N) is 1. The lowest BCUT2D eigenvalue weighted by molar-refractivity contribution is 0.543. The molecule has 2 aromatic rings. The lowest BCUT2D eigenvalue weighted by Gasteiger charge is -2.22. The molecule has 1 unspecified atom stereocenters. The molecule has 1 saturated heterocycles. The Kier molecular flexibility index (Phi) is 4.40. The molecule has 0 aliphatic carbocycles. The van der Waals surface area contributed by atoms with Gasteiger partial charge in [0.25, 0.3) is 0 Å². The molecule has 0 bridgehead atoms. The van der Waals surface area contributed by atoms with Crippen LogP contribution >= 0.6 is 23.4 Å². The van der Waals surface area contributed by atoms with Crippen LogP contribution in [0.25, 0.3) is 10.9 Å². The van der Waals surface area contributed by atoms with E-state index in [0.717, 1.165) is 29.7 Å². The van der Waals surface area contributed by atoms with Gasteiger partial charge >= 0.3 is 0 Å². The Morgan fingerprint density at radius 1 is 1.29 bits per heavy atom. The van der Waals surface area contributed by atoms with Crippen molar-refractivity contribution in [3.63, 3.8) is 0 Å². The average Bonchev–Trinajstić information content (AvgIpc) is 2.47. The van der Waals surface area contributed by atoms with Crippen LogP contribution in [0.5, 0.6) is 0 Å². The second-order valence-corrected chi connectivity index (χ2v) is 8.27. The number of sulfonamides is 1. The first-order chi connectivity index (χ1) is 10.0. The number of aromatic nitrogens is 1. The number of rotatable bonds is 3. The van der Waals surface area contributed by atoms with Crippen LogP contribution in [0.3, 0.4) is 0 Å². The lowest BCUT2D eigenvalue weighted by atomic mass is 10.2. The van der Waals surface area contributed by atoms with Gasteiger partial charge in [-0.15, -0.1) is 0 Å². The van der Waals surface area contributed by atoms with E-state index >= 15 is 0 Å². The van der Waals surface area contributed by atoms with Crippen LogP contribution in [0.4, 0.5) is 0 Å². The van der Waals surface area contributed by atoms with Gasteiger partial charge in [-0.05, 0) is 48.9 Å². The summed E-state index contributed by atoms with van der Waals surface area (Å²) in [6, 6.07) is 8.35.